The lowest BCUT2D eigenvalue weighted by molar-refractivity contribution is -0.149. The molecule has 0 bridgehead atoms. The Bertz CT molecular complexity index is 347. The number of barbiturate groups is 1. The lowest BCUT2D eigenvalue weighted by Crippen LogP contribution is -2.63. The summed E-state index contributed by atoms with van der Waals surface area (Å²) in [5.74, 6) is -1.06. The van der Waals surface area contributed by atoms with Gasteiger partial charge in [-0.1, -0.05) is 6.08 Å². The van der Waals surface area contributed by atoms with Crippen LogP contribution in [-0.2, 0) is 9.59 Å². The number of carbonyl (C=O) groups excluding carboxylic acids is 3. The highest BCUT2D eigenvalue weighted by molar-refractivity contribution is 6.18. The van der Waals surface area contributed by atoms with Crippen LogP contribution in [0.15, 0.2) is 12.7 Å². The Balaban J connectivity index is 3.09. The van der Waals surface area contributed by atoms with Crippen LogP contribution in [0.2, 0.25) is 0 Å². The van der Waals surface area contributed by atoms with Gasteiger partial charge >= 0.3 is 6.03 Å². The van der Waals surface area contributed by atoms with Crippen molar-refractivity contribution >= 4 is 17.8 Å². The van der Waals surface area contributed by atoms with Gasteiger partial charge in [0.15, 0.2) is 0 Å². The number of urea groups is 1. The molecule has 1 N–H and O–H groups in total. The molecule has 0 aliphatic carbocycles. The van der Waals surface area contributed by atoms with Gasteiger partial charge in [0, 0.05) is 0 Å². The minimum atomic E-state index is -1.20. The molecule has 1 saturated heterocycles. The summed E-state index contributed by atoms with van der Waals surface area (Å²) in [6, 6.07) is -1.11. The second-order valence-corrected chi connectivity index (χ2v) is 4.04. The minimum absolute atomic E-state index is 0.426. The highest BCUT2D eigenvalue weighted by Crippen LogP contribution is 2.24. The van der Waals surface area contributed by atoms with Crippen molar-refractivity contribution in [2.24, 2.45) is 5.41 Å². The van der Waals surface area contributed by atoms with E-state index < -0.39 is 29.3 Å². The van der Waals surface area contributed by atoms with Gasteiger partial charge in [-0.3, -0.25) is 19.8 Å². The number of nitrogens with zero attached hydrogens (tertiary/aromatic N) is 1. The van der Waals surface area contributed by atoms with Crippen LogP contribution in [0.25, 0.3) is 0 Å². The number of carbonyl (C=O) groups is 3. The van der Waals surface area contributed by atoms with E-state index in [4.69, 9.17) is 0 Å². The first-order valence-corrected chi connectivity index (χ1v) is 4.64. The average molecular weight is 210 g/mol. The van der Waals surface area contributed by atoms with Gasteiger partial charge in [-0.15, -0.1) is 6.58 Å². The van der Waals surface area contributed by atoms with Crippen LogP contribution in [0, 0.1) is 5.41 Å². The van der Waals surface area contributed by atoms with Crippen molar-refractivity contribution in [1.82, 2.24) is 10.2 Å². The number of imide groups is 2. The smallest absolute Gasteiger partial charge is 0.277 e. The van der Waals surface area contributed by atoms with Gasteiger partial charge in [-0.05, 0) is 20.8 Å². The molecular formula is C10H14N2O3. The first kappa shape index (κ1) is 11.4. The Hall–Kier alpha value is -1.65. The van der Waals surface area contributed by atoms with Crippen LogP contribution in [0.4, 0.5) is 4.79 Å². The third-order valence-electron chi connectivity index (χ3n) is 2.51. The first-order valence-electron chi connectivity index (χ1n) is 4.64. The van der Waals surface area contributed by atoms with Crippen molar-refractivity contribution < 1.29 is 14.4 Å². The van der Waals surface area contributed by atoms with Crippen LogP contribution in [0.1, 0.15) is 20.8 Å². The molecule has 1 atom stereocenters. The Morgan fingerprint density at radius 1 is 1.40 bits per heavy atom. The molecule has 0 saturated carbocycles. The summed E-state index contributed by atoms with van der Waals surface area (Å²) >= 11 is 0. The summed E-state index contributed by atoms with van der Waals surface area (Å²) in [7, 11) is 0. The van der Waals surface area contributed by atoms with Crippen LogP contribution in [0.5, 0.6) is 0 Å². The first-order chi connectivity index (χ1) is 6.82. The second kappa shape index (κ2) is 3.49. The molecule has 0 radical (unpaired) electrons. The SMILES string of the molecule is C=CC(C)N1C(=O)NC(=O)C(C)(C)C1=O. The molecule has 1 unspecified atom stereocenters. The van der Waals surface area contributed by atoms with Crippen LogP contribution in [-0.4, -0.2) is 28.8 Å². The highest BCUT2D eigenvalue weighted by atomic mass is 16.2. The molecule has 1 fully saturated rings. The maximum absolute atomic E-state index is 11.9. The van der Waals surface area contributed by atoms with Crippen LogP contribution < -0.4 is 5.32 Å². The fourth-order valence-corrected chi connectivity index (χ4v) is 1.28. The monoisotopic (exact) mass is 210 g/mol. The molecule has 15 heavy (non-hydrogen) atoms. The summed E-state index contributed by atoms with van der Waals surface area (Å²) in [4.78, 5) is 35.7. The Kier molecular flexibility index (Phi) is 2.66. The minimum Gasteiger partial charge on any atom is -0.277 e. The third kappa shape index (κ3) is 1.65. The van der Waals surface area contributed by atoms with Gasteiger partial charge in [-0.2, -0.15) is 0 Å². The third-order valence-corrected chi connectivity index (χ3v) is 2.51. The predicted molar refractivity (Wildman–Crippen MR) is 53.8 cm³/mol. The fourth-order valence-electron chi connectivity index (χ4n) is 1.28. The number of hydrogen-bond acceptors (Lipinski definition) is 3. The topological polar surface area (TPSA) is 66.5 Å². The molecule has 82 valence electrons. The molecule has 1 rings (SSSR count). The zero-order valence-electron chi connectivity index (χ0n) is 9.03. The van der Waals surface area contributed by atoms with Gasteiger partial charge in [0.25, 0.3) is 0 Å². The standard InChI is InChI=1S/C10H14N2O3/c1-5-6(2)12-8(14)10(3,4)7(13)11-9(12)15/h5-6H,1H2,2-4H3,(H,11,13,15). The van der Waals surface area contributed by atoms with Gasteiger partial charge in [0.1, 0.15) is 5.41 Å². The van der Waals surface area contributed by atoms with E-state index in [1.807, 2.05) is 0 Å². The fraction of sp³-hybridized carbons (Fsp3) is 0.500. The average Bonchev–Trinajstić information content (AvgIpc) is 2.15. The molecule has 0 spiro atoms. The second-order valence-electron chi connectivity index (χ2n) is 4.04. The van der Waals surface area contributed by atoms with Crippen molar-refractivity contribution in [2.75, 3.05) is 0 Å². The summed E-state index contributed by atoms with van der Waals surface area (Å²) in [6.07, 6.45) is 1.48. The molecule has 1 heterocycles. The van der Waals surface area contributed by atoms with Crippen LogP contribution in [0.3, 0.4) is 0 Å². The van der Waals surface area contributed by atoms with E-state index in [-0.39, 0.29) is 0 Å². The van der Waals surface area contributed by atoms with E-state index >= 15 is 0 Å². The van der Waals surface area contributed by atoms with E-state index in [1.54, 1.807) is 6.92 Å². The lowest BCUT2D eigenvalue weighted by Gasteiger charge is -2.36. The Labute approximate surface area is 88.1 Å². The number of hydrogen-bond donors (Lipinski definition) is 1. The normalized spacial score (nSPS) is 22.3. The Morgan fingerprint density at radius 3 is 2.40 bits per heavy atom. The highest BCUT2D eigenvalue weighted by Gasteiger charge is 2.47. The molecule has 4 amide bonds. The van der Waals surface area contributed by atoms with E-state index in [9.17, 15) is 14.4 Å². The van der Waals surface area contributed by atoms with Gasteiger partial charge in [-0.25, -0.2) is 4.79 Å². The molecule has 0 aromatic heterocycles. The zero-order chi connectivity index (χ0) is 11.8. The van der Waals surface area contributed by atoms with E-state index in [1.165, 1.54) is 19.9 Å². The van der Waals surface area contributed by atoms with Crippen molar-refractivity contribution in [3.63, 3.8) is 0 Å². The van der Waals surface area contributed by atoms with Crippen molar-refractivity contribution in [2.45, 2.75) is 26.8 Å². The number of nitrogens with one attached hydrogen (secondary N) is 1. The molecule has 1 aliphatic rings. The van der Waals surface area contributed by atoms with Crippen molar-refractivity contribution in [1.29, 1.82) is 0 Å². The van der Waals surface area contributed by atoms with Gasteiger partial charge < -0.3 is 0 Å². The molecule has 5 heteroatoms. The van der Waals surface area contributed by atoms with E-state index in [0.717, 1.165) is 4.90 Å². The summed E-state index contributed by atoms with van der Waals surface area (Å²) < 4.78 is 0. The zero-order valence-corrected chi connectivity index (χ0v) is 9.03. The van der Waals surface area contributed by atoms with E-state index in [0.29, 0.717) is 0 Å². The maximum atomic E-state index is 11.9. The Morgan fingerprint density at radius 2 is 1.93 bits per heavy atom. The molecule has 0 aromatic rings. The van der Waals surface area contributed by atoms with Crippen molar-refractivity contribution in [3.8, 4) is 0 Å². The number of rotatable bonds is 2. The lowest BCUT2D eigenvalue weighted by atomic mass is 9.88. The summed E-state index contributed by atoms with van der Waals surface area (Å²) in [6.45, 7) is 8.15. The largest absolute Gasteiger partial charge is 0.331 e. The predicted octanol–water partition coefficient (Wildman–Crippen LogP) is 0.665. The van der Waals surface area contributed by atoms with Crippen molar-refractivity contribution in [3.05, 3.63) is 12.7 Å². The van der Waals surface area contributed by atoms with Gasteiger partial charge in [0.2, 0.25) is 11.8 Å². The van der Waals surface area contributed by atoms with Gasteiger partial charge in [0.05, 0.1) is 6.04 Å². The maximum Gasteiger partial charge on any atom is 0.331 e. The summed E-state index contributed by atoms with van der Waals surface area (Å²) in [5, 5.41) is 2.14. The molecule has 0 aromatic carbocycles. The molecule has 5 nitrogen and oxygen atoms in total. The van der Waals surface area contributed by atoms with Crippen LogP contribution >= 0.6 is 0 Å². The quantitative estimate of drug-likeness (QED) is 0.538. The molecular weight excluding hydrogens is 196 g/mol. The van der Waals surface area contributed by atoms with E-state index in [2.05, 4.69) is 11.9 Å². The summed E-state index contributed by atoms with van der Waals surface area (Å²) in [5.41, 5.74) is -1.20. The number of amides is 4. The molecule has 1 aliphatic heterocycles.